The number of rotatable bonds is 4. The Bertz CT molecular complexity index is 210. The maximum absolute atomic E-state index is 5.35. The molecule has 0 saturated heterocycles. The Balaban J connectivity index is 2.27. The van der Waals surface area contributed by atoms with Crippen molar-refractivity contribution in [2.45, 2.75) is 12.7 Å². The van der Waals surface area contributed by atoms with E-state index in [-0.39, 0.29) is 0 Å². The molecule has 0 radical (unpaired) electrons. The van der Waals surface area contributed by atoms with Crippen LogP contribution in [-0.4, -0.2) is 12.3 Å². The quantitative estimate of drug-likeness (QED) is 0.702. The van der Waals surface area contributed by atoms with E-state index in [9.17, 15) is 0 Å². The third kappa shape index (κ3) is 2.99. The summed E-state index contributed by atoms with van der Waals surface area (Å²) in [6.07, 6.45) is 1.80. The van der Waals surface area contributed by atoms with Gasteiger partial charge in [0.05, 0.1) is 6.26 Å². The van der Waals surface area contributed by atoms with E-state index in [1.165, 1.54) is 5.56 Å². The molecule has 3 heteroatoms. The number of aryl methyl sites for hydroxylation is 1. The number of hydrogen-bond donors (Lipinski definition) is 1. The molecule has 0 atom stereocenters. The molecule has 0 bridgehead atoms. The van der Waals surface area contributed by atoms with E-state index in [2.05, 4.69) is 6.07 Å². The Morgan fingerprint density at radius 3 is 3.00 bits per heavy atom. The van der Waals surface area contributed by atoms with Crippen molar-refractivity contribution in [3.63, 3.8) is 0 Å². The maximum Gasteiger partial charge on any atom is 0.100 e. The predicted molar refractivity (Wildman–Crippen MR) is 48.7 cm³/mol. The molecule has 1 heterocycles. The first-order valence-corrected chi connectivity index (χ1v) is 4.80. The molecule has 1 rings (SSSR count). The van der Waals surface area contributed by atoms with E-state index in [0.29, 0.717) is 0 Å². The van der Waals surface area contributed by atoms with Gasteiger partial charge < -0.3 is 10.2 Å². The molecule has 0 amide bonds. The van der Waals surface area contributed by atoms with Crippen molar-refractivity contribution < 1.29 is 4.42 Å². The third-order valence-electron chi connectivity index (χ3n) is 1.32. The second-order valence-electron chi connectivity index (χ2n) is 2.41. The summed E-state index contributed by atoms with van der Waals surface area (Å²) in [6, 6.07) is 2.06. The fraction of sp³-hybridized carbons (Fsp3) is 0.500. The van der Waals surface area contributed by atoms with Crippen LogP contribution in [0.25, 0.3) is 0 Å². The lowest BCUT2D eigenvalue weighted by Crippen LogP contribution is -2.01. The van der Waals surface area contributed by atoms with Gasteiger partial charge in [-0.25, -0.2) is 0 Å². The molecule has 0 aliphatic rings. The molecule has 1 aromatic rings. The first kappa shape index (κ1) is 8.68. The highest BCUT2D eigenvalue weighted by atomic mass is 32.2. The highest BCUT2D eigenvalue weighted by molar-refractivity contribution is 7.98. The van der Waals surface area contributed by atoms with Gasteiger partial charge >= 0.3 is 0 Å². The molecule has 0 aliphatic heterocycles. The first-order chi connectivity index (χ1) is 5.33. The highest BCUT2D eigenvalue weighted by Gasteiger charge is 1.96. The van der Waals surface area contributed by atoms with Crippen molar-refractivity contribution in [2.75, 3.05) is 12.3 Å². The zero-order valence-corrected chi connectivity index (χ0v) is 7.49. The number of furan rings is 1. The molecule has 2 nitrogen and oxygen atoms in total. The van der Waals surface area contributed by atoms with Crippen LogP contribution in [0.5, 0.6) is 0 Å². The van der Waals surface area contributed by atoms with Gasteiger partial charge in [-0.05, 0) is 13.0 Å². The fourth-order valence-electron chi connectivity index (χ4n) is 0.847. The lowest BCUT2D eigenvalue weighted by molar-refractivity contribution is 0.532. The standard InChI is InChI=1S/C8H13NOS/c1-7-4-8(5-10-7)6-11-3-2-9/h4-5H,2-3,6,9H2,1H3. The lowest BCUT2D eigenvalue weighted by Gasteiger charge is -1.93. The summed E-state index contributed by atoms with van der Waals surface area (Å²) in [6.45, 7) is 2.71. The first-order valence-electron chi connectivity index (χ1n) is 3.65. The Kier molecular flexibility index (Phi) is 3.52. The van der Waals surface area contributed by atoms with Crippen LogP contribution in [0.4, 0.5) is 0 Å². The van der Waals surface area contributed by atoms with Gasteiger partial charge in [-0.2, -0.15) is 11.8 Å². The van der Waals surface area contributed by atoms with Crippen molar-refractivity contribution in [3.05, 3.63) is 23.7 Å². The smallest absolute Gasteiger partial charge is 0.100 e. The van der Waals surface area contributed by atoms with E-state index in [1.807, 2.05) is 18.7 Å². The number of thioether (sulfide) groups is 1. The zero-order chi connectivity index (χ0) is 8.10. The molecule has 0 unspecified atom stereocenters. The Hall–Kier alpha value is -0.410. The van der Waals surface area contributed by atoms with Crippen LogP contribution in [0, 0.1) is 6.92 Å². The van der Waals surface area contributed by atoms with E-state index in [0.717, 1.165) is 23.8 Å². The monoisotopic (exact) mass is 171 g/mol. The fourth-order valence-corrected chi connectivity index (χ4v) is 1.54. The minimum absolute atomic E-state index is 0.751. The molecule has 0 aromatic carbocycles. The average Bonchev–Trinajstić information content (AvgIpc) is 2.37. The lowest BCUT2D eigenvalue weighted by atomic mass is 10.3. The third-order valence-corrected chi connectivity index (χ3v) is 2.38. The van der Waals surface area contributed by atoms with Crippen LogP contribution in [0.2, 0.25) is 0 Å². The molecule has 0 spiro atoms. The van der Waals surface area contributed by atoms with Crippen LogP contribution >= 0.6 is 11.8 Å². The maximum atomic E-state index is 5.35. The minimum Gasteiger partial charge on any atom is -0.469 e. The Morgan fingerprint density at radius 2 is 2.45 bits per heavy atom. The summed E-state index contributed by atoms with van der Waals surface area (Å²) in [4.78, 5) is 0. The van der Waals surface area contributed by atoms with Crippen LogP contribution < -0.4 is 5.73 Å². The summed E-state index contributed by atoms with van der Waals surface area (Å²) >= 11 is 1.83. The molecular formula is C8H13NOS. The second kappa shape index (κ2) is 4.46. The van der Waals surface area contributed by atoms with E-state index < -0.39 is 0 Å². The summed E-state index contributed by atoms with van der Waals surface area (Å²) in [7, 11) is 0. The SMILES string of the molecule is Cc1cc(CSCCN)co1. The largest absolute Gasteiger partial charge is 0.469 e. The van der Waals surface area contributed by atoms with Crippen molar-refractivity contribution >= 4 is 11.8 Å². The predicted octanol–water partition coefficient (Wildman–Crippen LogP) is 1.78. The molecule has 0 saturated carbocycles. The van der Waals surface area contributed by atoms with Crippen LogP contribution in [0.15, 0.2) is 16.7 Å². The average molecular weight is 171 g/mol. The molecule has 2 N–H and O–H groups in total. The van der Waals surface area contributed by atoms with Gasteiger partial charge in [-0.3, -0.25) is 0 Å². The number of hydrogen-bond acceptors (Lipinski definition) is 3. The molecule has 11 heavy (non-hydrogen) atoms. The molecule has 62 valence electrons. The van der Waals surface area contributed by atoms with E-state index >= 15 is 0 Å². The topological polar surface area (TPSA) is 39.2 Å². The summed E-state index contributed by atoms with van der Waals surface area (Å²) < 4.78 is 5.15. The van der Waals surface area contributed by atoms with Gasteiger partial charge in [0, 0.05) is 23.6 Å². The van der Waals surface area contributed by atoms with Gasteiger partial charge in [0.1, 0.15) is 5.76 Å². The van der Waals surface area contributed by atoms with E-state index in [1.54, 1.807) is 6.26 Å². The molecule has 1 aromatic heterocycles. The van der Waals surface area contributed by atoms with Crippen LogP contribution in [0.1, 0.15) is 11.3 Å². The van der Waals surface area contributed by atoms with Gasteiger partial charge in [0.2, 0.25) is 0 Å². The van der Waals surface area contributed by atoms with Crippen molar-refractivity contribution in [1.82, 2.24) is 0 Å². The van der Waals surface area contributed by atoms with E-state index in [4.69, 9.17) is 10.2 Å². The molecular weight excluding hydrogens is 158 g/mol. The summed E-state index contributed by atoms with van der Waals surface area (Å²) in [5.74, 6) is 3.01. The molecule has 0 aliphatic carbocycles. The van der Waals surface area contributed by atoms with Gasteiger partial charge in [-0.1, -0.05) is 0 Å². The van der Waals surface area contributed by atoms with Crippen LogP contribution in [-0.2, 0) is 5.75 Å². The Labute approximate surface area is 71.1 Å². The molecule has 0 fully saturated rings. The number of nitrogens with two attached hydrogens (primary N) is 1. The van der Waals surface area contributed by atoms with Crippen LogP contribution in [0.3, 0.4) is 0 Å². The zero-order valence-electron chi connectivity index (χ0n) is 6.67. The van der Waals surface area contributed by atoms with Crippen molar-refractivity contribution in [3.8, 4) is 0 Å². The van der Waals surface area contributed by atoms with Crippen molar-refractivity contribution in [2.24, 2.45) is 5.73 Å². The normalized spacial score (nSPS) is 10.4. The highest BCUT2D eigenvalue weighted by Crippen LogP contribution is 2.13. The summed E-state index contributed by atoms with van der Waals surface area (Å²) in [5, 5.41) is 0. The minimum atomic E-state index is 0.751. The van der Waals surface area contributed by atoms with Gasteiger partial charge in [0.15, 0.2) is 0 Å². The summed E-state index contributed by atoms with van der Waals surface area (Å²) in [5.41, 5.74) is 6.60. The van der Waals surface area contributed by atoms with Gasteiger partial charge in [-0.15, -0.1) is 0 Å². The Morgan fingerprint density at radius 1 is 1.64 bits per heavy atom. The van der Waals surface area contributed by atoms with Gasteiger partial charge in [0.25, 0.3) is 0 Å². The van der Waals surface area contributed by atoms with Crippen molar-refractivity contribution in [1.29, 1.82) is 0 Å². The second-order valence-corrected chi connectivity index (χ2v) is 3.51.